The third kappa shape index (κ3) is 2.52. The van der Waals surface area contributed by atoms with Crippen LogP contribution in [0.15, 0.2) is 54.7 Å². The summed E-state index contributed by atoms with van der Waals surface area (Å²) in [4.78, 5) is 17.9. The summed E-state index contributed by atoms with van der Waals surface area (Å²) in [7, 11) is 1.94. The lowest BCUT2D eigenvalue weighted by atomic mass is 10.1. The minimum absolute atomic E-state index is 0.188. The van der Waals surface area contributed by atoms with E-state index in [1.54, 1.807) is 0 Å². The average Bonchev–Trinajstić information content (AvgIpc) is 3.18. The van der Waals surface area contributed by atoms with Gasteiger partial charge < -0.3 is 9.88 Å². The first kappa shape index (κ1) is 14.1. The van der Waals surface area contributed by atoms with E-state index in [9.17, 15) is 4.79 Å². The molecular formula is C20H20N2O. The van der Waals surface area contributed by atoms with Crippen LogP contribution in [0.25, 0.3) is 10.9 Å². The molecule has 3 aromatic rings. The summed E-state index contributed by atoms with van der Waals surface area (Å²) >= 11 is 0. The first-order chi connectivity index (χ1) is 11.2. The quantitative estimate of drug-likeness (QED) is 0.791. The van der Waals surface area contributed by atoms with Crippen molar-refractivity contribution >= 4 is 16.8 Å². The van der Waals surface area contributed by atoms with Crippen molar-refractivity contribution < 1.29 is 4.79 Å². The van der Waals surface area contributed by atoms with Crippen LogP contribution in [0, 0.1) is 0 Å². The maximum atomic E-state index is 12.7. The van der Waals surface area contributed by atoms with Gasteiger partial charge >= 0.3 is 0 Å². The Hall–Kier alpha value is -2.55. The molecule has 0 fully saturated rings. The number of nitrogens with zero attached hydrogens (tertiary/aromatic N) is 1. The number of amides is 1. The van der Waals surface area contributed by atoms with E-state index >= 15 is 0 Å². The molecule has 2 aromatic carbocycles. The maximum absolute atomic E-state index is 12.7. The SMILES string of the molecule is CN(C(=O)Cc1c[nH]c2ccccc12)C1Cc2ccccc2C1. The average molecular weight is 304 g/mol. The van der Waals surface area contributed by atoms with E-state index in [0.717, 1.165) is 29.3 Å². The van der Waals surface area contributed by atoms with Gasteiger partial charge in [-0.2, -0.15) is 0 Å². The Bertz CT molecular complexity index is 840. The van der Waals surface area contributed by atoms with E-state index in [1.807, 2.05) is 36.3 Å². The van der Waals surface area contributed by atoms with E-state index in [-0.39, 0.29) is 11.9 Å². The highest BCUT2D eigenvalue weighted by Crippen LogP contribution is 2.25. The highest BCUT2D eigenvalue weighted by molar-refractivity contribution is 5.89. The number of rotatable bonds is 3. The van der Waals surface area contributed by atoms with Gasteiger partial charge in [0.1, 0.15) is 0 Å². The number of carbonyl (C=O) groups is 1. The molecule has 3 nitrogen and oxygen atoms in total. The molecule has 1 heterocycles. The van der Waals surface area contributed by atoms with Gasteiger partial charge in [-0.05, 0) is 35.6 Å². The molecule has 0 unspecified atom stereocenters. The first-order valence-electron chi connectivity index (χ1n) is 8.10. The van der Waals surface area contributed by atoms with Gasteiger partial charge in [-0.15, -0.1) is 0 Å². The highest BCUT2D eigenvalue weighted by atomic mass is 16.2. The standard InChI is InChI=1S/C20H20N2O/c1-22(17-10-14-6-2-3-7-15(14)11-17)20(23)12-16-13-21-19-9-5-4-8-18(16)19/h2-9,13,17,21H,10-12H2,1H3. The van der Waals surface area contributed by atoms with Gasteiger partial charge in [0.25, 0.3) is 0 Å². The van der Waals surface area contributed by atoms with Crippen LogP contribution in [0.1, 0.15) is 16.7 Å². The lowest BCUT2D eigenvalue weighted by Crippen LogP contribution is -2.38. The Morgan fingerprint density at radius 2 is 1.74 bits per heavy atom. The summed E-state index contributed by atoms with van der Waals surface area (Å²) in [6.07, 6.45) is 4.34. The normalized spacial score (nSPS) is 14.1. The van der Waals surface area contributed by atoms with E-state index in [0.29, 0.717) is 6.42 Å². The predicted octanol–water partition coefficient (Wildman–Crippen LogP) is 3.34. The molecule has 0 bridgehead atoms. The van der Waals surface area contributed by atoms with Gasteiger partial charge in [0.15, 0.2) is 0 Å². The Morgan fingerprint density at radius 1 is 1.09 bits per heavy atom. The summed E-state index contributed by atoms with van der Waals surface area (Å²) in [5, 5.41) is 1.14. The van der Waals surface area contributed by atoms with Crippen molar-refractivity contribution in [3.8, 4) is 0 Å². The number of hydrogen-bond acceptors (Lipinski definition) is 1. The van der Waals surface area contributed by atoms with Crippen LogP contribution in [-0.4, -0.2) is 28.9 Å². The monoisotopic (exact) mass is 304 g/mol. The van der Waals surface area contributed by atoms with Crippen molar-refractivity contribution in [2.45, 2.75) is 25.3 Å². The van der Waals surface area contributed by atoms with Gasteiger partial charge in [-0.3, -0.25) is 4.79 Å². The van der Waals surface area contributed by atoms with Crippen molar-refractivity contribution in [3.05, 3.63) is 71.4 Å². The zero-order valence-corrected chi connectivity index (χ0v) is 13.3. The van der Waals surface area contributed by atoms with Gasteiger partial charge in [0.2, 0.25) is 5.91 Å². The third-order valence-electron chi connectivity index (χ3n) is 4.99. The van der Waals surface area contributed by atoms with Crippen molar-refractivity contribution in [1.29, 1.82) is 0 Å². The Labute approximate surface area is 135 Å². The summed E-state index contributed by atoms with van der Waals surface area (Å²) in [6.45, 7) is 0. The minimum atomic E-state index is 0.188. The molecule has 1 N–H and O–H groups in total. The molecule has 23 heavy (non-hydrogen) atoms. The van der Waals surface area contributed by atoms with E-state index < -0.39 is 0 Å². The van der Waals surface area contributed by atoms with Crippen molar-refractivity contribution in [1.82, 2.24) is 9.88 Å². The number of fused-ring (bicyclic) bond motifs is 2. The van der Waals surface area contributed by atoms with Gasteiger partial charge in [-0.25, -0.2) is 0 Å². The molecule has 0 aliphatic heterocycles. The first-order valence-corrected chi connectivity index (χ1v) is 8.10. The highest BCUT2D eigenvalue weighted by Gasteiger charge is 2.27. The number of para-hydroxylation sites is 1. The minimum Gasteiger partial charge on any atom is -0.361 e. The summed E-state index contributed by atoms with van der Waals surface area (Å²) in [5.74, 6) is 0.188. The summed E-state index contributed by atoms with van der Waals surface area (Å²) in [5.41, 5.74) is 4.92. The number of carbonyl (C=O) groups excluding carboxylic acids is 1. The van der Waals surface area contributed by atoms with Crippen LogP contribution in [0.3, 0.4) is 0 Å². The molecule has 1 aliphatic rings. The van der Waals surface area contributed by atoms with Crippen LogP contribution < -0.4 is 0 Å². The van der Waals surface area contributed by atoms with E-state index in [1.165, 1.54) is 11.1 Å². The van der Waals surface area contributed by atoms with Crippen molar-refractivity contribution in [2.75, 3.05) is 7.05 Å². The number of benzene rings is 2. The molecule has 1 aromatic heterocycles. The Kier molecular flexibility index (Phi) is 3.41. The number of hydrogen-bond donors (Lipinski definition) is 1. The lowest BCUT2D eigenvalue weighted by molar-refractivity contribution is -0.131. The van der Waals surface area contributed by atoms with Crippen molar-refractivity contribution in [3.63, 3.8) is 0 Å². The van der Waals surface area contributed by atoms with Crippen LogP contribution >= 0.6 is 0 Å². The number of nitrogens with one attached hydrogen (secondary N) is 1. The molecule has 1 amide bonds. The summed E-state index contributed by atoms with van der Waals surface area (Å²) in [6, 6.07) is 16.9. The zero-order valence-electron chi connectivity index (χ0n) is 13.3. The van der Waals surface area contributed by atoms with Crippen molar-refractivity contribution in [2.24, 2.45) is 0 Å². The Morgan fingerprint density at radius 3 is 2.48 bits per heavy atom. The third-order valence-corrected chi connectivity index (χ3v) is 4.99. The molecule has 0 saturated heterocycles. The van der Waals surface area contributed by atoms with Gasteiger partial charge in [0.05, 0.1) is 6.42 Å². The van der Waals surface area contributed by atoms with E-state index in [2.05, 4.69) is 35.3 Å². The molecule has 0 atom stereocenters. The molecule has 0 radical (unpaired) electrons. The smallest absolute Gasteiger partial charge is 0.227 e. The number of H-pyrrole nitrogens is 1. The fourth-order valence-corrected chi connectivity index (χ4v) is 3.58. The molecule has 1 aliphatic carbocycles. The Balaban J connectivity index is 1.49. The number of aromatic amines is 1. The molecule has 0 saturated carbocycles. The molecule has 116 valence electrons. The van der Waals surface area contributed by atoms with Gasteiger partial charge in [0, 0.05) is 30.2 Å². The lowest BCUT2D eigenvalue weighted by Gasteiger charge is -2.24. The topological polar surface area (TPSA) is 36.1 Å². The number of likely N-dealkylation sites (N-methyl/N-ethyl adjacent to an activating group) is 1. The molecular weight excluding hydrogens is 284 g/mol. The van der Waals surface area contributed by atoms with Crippen LogP contribution in [0.2, 0.25) is 0 Å². The second kappa shape index (κ2) is 5.58. The molecule has 4 rings (SSSR count). The second-order valence-corrected chi connectivity index (χ2v) is 6.37. The maximum Gasteiger partial charge on any atom is 0.227 e. The second-order valence-electron chi connectivity index (χ2n) is 6.37. The van der Waals surface area contributed by atoms with Gasteiger partial charge in [-0.1, -0.05) is 42.5 Å². The number of aromatic nitrogens is 1. The fraction of sp³-hybridized carbons (Fsp3) is 0.250. The predicted molar refractivity (Wildman–Crippen MR) is 92.4 cm³/mol. The zero-order chi connectivity index (χ0) is 15.8. The molecule has 0 spiro atoms. The van der Waals surface area contributed by atoms with Crippen LogP contribution in [0.4, 0.5) is 0 Å². The largest absolute Gasteiger partial charge is 0.361 e. The van der Waals surface area contributed by atoms with Crippen LogP contribution in [0.5, 0.6) is 0 Å². The van der Waals surface area contributed by atoms with E-state index in [4.69, 9.17) is 0 Å². The summed E-state index contributed by atoms with van der Waals surface area (Å²) < 4.78 is 0. The van der Waals surface area contributed by atoms with Crippen LogP contribution in [-0.2, 0) is 24.1 Å². The molecule has 3 heteroatoms. The fourth-order valence-electron chi connectivity index (χ4n) is 3.58.